The maximum absolute atomic E-state index is 2.35. The average Bonchev–Trinajstić information content (AvgIpc) is 2.35. The Hall–Kier alpha value is -0.520. The highest BCUT2D eigenvalue weighted by Crippen LogP contribution is 2.08. The molecule has 0 N–H and O–H groups in total. The van der Waals surface area contributed by atoms with Crippen LogP contribution in [0, 0.1) is 0 Å². The molecule has 0 amide bonds. The molecule has 0 heteroatoms. The molecule has 0 aromatic carbocycles. The molecule has 0 atom stereocenters. The summed E-state index contributed by atoms with van der Waals surface area (Å²) in [5.74, 6) is 0. The van der Waals surface area contributed by atoms with Crippen LogP contribution in [0.25, 0.3) is 0 Å². The van der Waals surface area contributed by atoms with Crippen LogP contribution in [0.4, 0.5) is 0 Å². The van der Waals surface area contributed by atoms with Gasteiger partial charge in [-0.05, 0) is 25.7 Å². The Morgan fingerprint density at radius 1 is 0.529 bits per heavy atom. The quantitative estimate of drug-likeness (QED) is 0.270. The van der Waals surface area contributed by atoms with Crippen molar-refractivity contribution < 1.29 is 0 Å². The van der Waals surface area contributed by atoms with Gasteiger partial charge >= 0.3 is 0 Å². The maximum atomic E-state index is 2.35. The summed E-state index contributed by atoms with van der Waals surface area (Å²) in [5, 5.41) is 0. The molecule has 0 aliphatic rings. The van der Waals surface area contributed by atoms with Gasteiger partial charge in [0, 0.05) is 0 Å². The SMILES string of the molecule is CCCC=CCC=CCCCCCCCCC. The number of hydrogen-bond acceptors (Lipinski definition) is 0. The van der Waals surface area contributed by atoms with E-state index in [1.807, 2.05) is 0 Å². The molecule has 0 aromatic rings. The molecule has 0 rings (SSSR count). The molecule has 100 valence electrons. The van der Waals surface area contributed by atoms with Gasteiger partial charge < -0.3 is 0 Å². The largest absolute Gasteiger partial charge is 0.0882 e. The van der Waals surface area contributed by atoms with Crippen molar-refractivity contribution in [1.29, 1.82) is 0 Å². The van der Waals surface area contributed by atoms with Crippen molar-refractivity contribution in [3.8, 4) is 0 Å². The van der Waals surface area contributed by atoms with Crippen molar-refractivity contribution in [2.45, 2.75) is 84.5 Å². The molecule has 0 aliphatic heterocycles. The maximum Gasteiger partial charge on any atom is -0.0169 e. The fraction of sp³-hybridized carbons (Fsp3) is 0.765. The van der Waals surface area contributed by atoms with Crippen molar-refractivity contribution in [2.75, 3.05) is 0 Å². The Bertz CT molecular complexity index is 176. The number of unbranched alkanes of at least 4 members (excludes halogenated alkanes) is 8. The van der Waals surface area contributed by atoms with Gasteiger partial charge in [-0.15, -0.1) is 0 Å². The second-order valence-corrected chi connectivity index (χ2v) is 4.88. The Labute approximate surface area is 109 Å². The monoisotopic (exact) mass is 236 g/mol. The van der Waals surface area contributed by atoms with Crippen molar-refractivity contribution in [3.05, 3.63) is 24.3 Å². The third-order valence-corrected chi connectivity index (χ3v) is 3.04. The van der Waals surface area contributed by atoms with E-state index in [0.717, 1.165) is 6.42 Å². The lowest BCUT2D eigenvalue weighted by atomic mass is 10.1. The summed E-state index contributed by atoms with van der Waals surface area (Å²) in [7, 11) is 0. The van der Waals surface area contributed by atoms with E-state index >= 15 is 0 Å². The molecular formula is C17H32. The molecule has 0 nitrogen and oxygen atoms in total. The minimum Gasteiger partial charge on any atom is -0.0882 e. The Balaban J connectivity index is 3.08. The van der Waals surface area contributed by atoms with E-state index in [1.54, 1.807) is 0 Å². The van der Waals surface area contributed by atoms with Gasteiger partial charge in [-0.25, -0.2) is 0 Å². The highest BCUT2D eigenvalue weighted by atomic mass is 13.9. The van der Waals surface area contributed by atoms with E-state index in [9.17, 15) is 0 Å². The fourth-order valence-electron chi connectivity index (χ4n) is 1.89. The third-order valence-electron chi connectivity index (χ3n) is 3.04. The van der Waals surface area contributed by atoms with Crippen LogP contribution in [-0.4, -0.2) is 0 Å². The van der Waals surface area contributed by atoms with E-state index in [4.69, 9.17) is 0 Å². The van der Waals surface area contributed by atoms with Crippen LogP contribution in [0.5, 0.6) is 0 Å². The summed E-state index contributed by atoms with van der Waals surface area (Å²) in [5.41, 5.74) is 0. The van der Waals surface area contributed by atoms with Crippen LogP contribution < -0.4 is 0 Å². The van der Waals surface area contributed by atoms with Crippen LogP contribution in [0.3, 0.4) is 0 Å². The Kier molecular flexibility index (Phi) is 15.0. The van der Waals surface area contributed by atoms with Crippen molar-refractivity contribution >= 4 is 0 Å². The molecule has 0 aliphatic carbocycles. The molecule has 0 bridgehead atoms. The van der Waals surface area contributed by atoms with Crippen molar-refractivity contribution in [1.82, 2.24) is 0 Å². The van der Waals surface area contributed by atoms with Crippen LogP contribution in [0.1, 0.15) is 84.5 Å². The first-order valence-electron chi connectivity index (χ1n) is 7.71. The van der Waals surface area contributed by atoms with Crippen LogP contribution in [0.15, 0.2) is 24.3 Å². The zero-order valence-electron chi connectivity index (χ0n) is 12.1. The Morgan fingerprint density at radius 2 is 1.12 bits per heavy atom. The smallest absolute Gasteiger partial charge is 0.0169 e. The van der Waals surface area contributed by atoms with Gasteiger partial charge in [0.05, 0.1) is 0 Å². The lowest BCUT2D eigenvalue weighted by Gasteiger charge is -1.98. The average molecular weight is 236 g/mol. The summed E-state index contributed by atoms with van der Waals surface area (Å²) in [4.78, 5) is 0. The van der Waals surface area contributed by atoms with Gasteiger partial charge in [-0.3, -0.25) is 0 Å². The van der Waals surface area contributed by atoms with E-state index in [1.165, 1.54) is 64.2 Å². The predicted molar refractivity (Wildman–Crippen MR) is 80.4 cm³/mol. The molecule has 0 saturated heterocycles. The van der Waals surface area contributed by atoms with Crippen LogP contribution in [0.2, 0.25) is 0 Å². The van der Waals surface area contributed by atoms with Crippen LogP contribution >= 0.6 is 0 Å². The molecule has 17 heavy (non-hydrogen) atoms. The minimum absolute atomic E-state index is 1.12. The summed E-state index contributed by atoms with van der Waals surface area (Å²) >= 11 is 0. The second-order valence-electron chi connectivity index (χ2n) is 4.88. The molecule has 0 radical (unpaired) electrons. The van der Waals surface area contributed by atoms with Gasteiger partial charge in [0.2, 0.25) is 0 Å². The van der Waals surface area contributed by atoms with E-state index in [0.29, 0.717) is 0 Å². The first kappa shape index (κ1) is 16.5. The third kappa shape index (κ3) is 15.5. The van der Waals surface area contributed by atoms with Crippen molar-refractivity contribution in [2.24, 2.45) is 0 Å². The molecule has 0 fully saturated rings. The lowest BCUT2D eigenvalue weighted by Crippen LogP contribution is -1.78. The molecular weight excluding hydrogens is 204 g/mol. The summed E-state index contributed by atoms with van der Waals surface area (Å²) < 4.78 is 0. The number of allylic oxidation sites excluding steroid dienone is 4. The molecule has 0 spiro atoms. The normalized spacial score (nSPS) is 11.9. The molecule has 0 heterocycles. The zero-order valence-corrected chi connectivity index (χ0v) is 12.1. The van der Waals surface area contributed by atoms with Gasteiger partial charge in [0.25, 0.3) is 0 Å². The zero-order chi connectivity index (χ0) is 12.6. The highest BCUT2D eigenvalue weighted by Gasteiger charge is 1.88. The highest BCUT2D eigenvalue weighted by molar-refractivity contribution is 4.92. The number of hydrogen-bond donors (Lipinski definition) is 0. The molecule has 0 unspecified atom stereocenters. The summed E-state index contributed by atoms with van der Waals surface area (Å²) in [6.07, 6.45) is 24.0. The molecule has 0 aromatic heterocycles. The van der Waals surface area contributed by atoms with Gasteiger partial charge in [0.15, 0.2) is 0 Å². The standard InChI is InChI=1S/C17H32/c1-3-5-7-9-11-13-15-17-16-14-12-10-8-6-4-2/h7,9,13,15H,3-6,8,10-12,14,16-17H2,1-2H3. The van der Waals surface area contributed by atoms with Gasteiger partial charge in [-0.1, -0.05) is 83.1 Å². The predicted octanol–water partition coefficient (Wildman–Crippen LogP) is 6.43. The minimum atomic E-state index is 1.12. The first-order valence-corrected chi connectivity index (χ1v) is 7.71. The lowest BCUT2D eigenvalue weighted by molar-refractivity contribution is 0.592. The van der Waals surface area contributed by atoms with E-state index in [2.05, 4.69) is 38.2 Å². The summed E-state index contributed by atoms with van der Waals surface area (Å²) in [6, 6.07) is 0. The molecule has 0 saturated carbocycles. The Morgan fingerprint density at radius 3 is 1.76 bits per heavy atom. The van der Waals surface area contributed by atoms with E-state index in [-0.39, 0.29) is 0 Å². The van der Waals surface area contributed by atoms with Crippen molar-refractivity contribution in [3.63, 3.8) is 0 Å². The number of rotatable bonds is 12. The van der Waals surface area contributed by atoms with E-state index < -0.39 is 0 Å². The topological polar surface area (TPSA) is 0 Å². The second kappa shape index (κ2) is 15.5. The van der Waals surface area contributed by atoms with Gasteiger partial charge in [-0.2, -0.15) is 0 Å². The fourth-order valence-corrected chi connectivity index (χ4v) is 1.89. The summed E-state index contributed by atoms with van der Waals surface area (Å²) in [6.45, 7) is 4.50. The van der Waals surface area contributed by atoms with Gasteiger partial charge in [0.1, 0.15) is 0 Å². The van der Waals surface area contributed by atoms with Crippen LogP contribution in [-0.2, 0) is 0 Å². The first-order chi connectivity index (χ1) is 8.41.